The van der Waals surface area contributed by atoms with Crippen LogP contribution in [0.1, 0.15) is 19.5 Å². The van der Waals surface area contributed by atoms with Crippen molar-refractivity contribution in [3.63, 3.8) is 0 Å². The first-order valence-corrected chi connectivity index (χ1v) is 6.32. The third-order valence-electron chi connectivity index (χ3n) is 3.46. The van der Waals surface area contributed by atoms with Gasteiger partial charge in [0.15, 0.2) is 0 Å². The Morgan fingerprint density at radius 2 is 2.22 bits per heavy atom. The summed E-state index contributed by atoms with van der Waals surface area (Å²) in [7, 11) is 0. The minimum absolute atomic E-state index is 0.0546. The molecule has 1 aliphatic rings. The van der Waals surface area contributed by atoms with Gasteiger partial charge in [0.2, 0.25) is 5.91 Å². The van der Waals surface area contributed by atoms with Crippen LogP contribution in [0.5, 0.6) is 0 Å². The summed E-state index contributed by atoms with van der Waals surface area (Å²) in [5.74, 6) is 0.0546. The molecular weight excluding hydrogens is 230 g/mol. The van der Waals surface area contributed by atoms with Gasteiger partial charge in [-0.25, -0.2) is 4.98 Å². The summed E-state index contributed by atoms with van der Waals surface area (Å²) < 4.78 is 0. The number of imidazole rings is 1. The van der Waals surface area contributed by atoms with Crippen LogP contribution in [0.25, 0.3) is 0 Å². The van der Waals surface area contributed by atoms with E-state index in [1.807, 2.05) is 13.8 Å². The number of H-pyrrole nitrogens is 1. The van der Waals surface area contributed by atoms with E-state index in [-0.39, 0.29) is 5.91 Å². The summed E-state index contributed by atoms with van der Waals surface area (Å²) >= 11 is 0. The molecule has 0 unspecified atom stereocenters. The highest BCUT2D eigenvalue weighted by molar-refractivity contribution is 5.85. The van der Waals surface area contributed by atoms with Gasteiger partial charge in [0, 0.05) is 32.4 Å². The van der Waals surface area contributed by atoms with Gasteiger partial charge in [-0.3, -0.25) is 9.69 Å². The van der Waals surface area contributed by atoms with E-state index < -0.39 is 5.54 Å². The molecule has 2 rings (SSSR count). The molecule has 3 N–H and O–H groups in total. The summed E-state index contributed by atoms with van der Waals surface area (Å²) in [6, 6.07) is 0. The van der Waals surface area contributed by atoms with E-state index in [4.69, 9.17) is 0 Å². The molecule has 18 heavy (non-hydrogen) atoms. The SMILES string of the molecule is CC(C)(C(=O)NCc1cnc[nH]1)N1CCNCC1. The standard InChI is InChI=1S/C12H21N5O/c1-12(2,17-5-3-13-4-6-17)11(18)15-8-10-7-14-9-16-10/h7,9,13H,3-6,8H2,1-2H3,(H,14,16)(H,15,18). The van der Waals surface area contributed by atoms with Crippen molar-refractivity contribution in [2.24, 2.45) is 0 Å². The summed E-state index contributed by atoms with van der Waals surface area (Å²) in [6.45, 7) is 8.14. The zero-order chi connectivity index (χ0) is 13.0. The first kappa shape index (κ1) is 13.0. The molecule has 0 spiro atoms. The highest BCUT2D eigenvalue weighted by Gasteiger charge is 2.34. The first-order chi connectivity index (χ1) is 8.60. The quantitative estimate of drug-likeness (QED) is 0.687. The second kappa shape index (κ2) is 5.49. The summed E-state index contributed by atoms with van der Waals surface area (Å²) in [6.07, 6.45) is 3.33. The Labute approximate surface area is 107 Å². The van der Waals surface area contributed by atoms with Crippen LogP contribution in [0.15, 0.2) is 12.5 Å². The lowest BCUT2D eigenvalue weighted by atomic mass is 10.0. The minimum Gasteiger partial charge on any atom is -0.349 e. The highest BCUT2D eigenvalue weighted by atomic mass is 16.2. The van der Waals surface area contributed by atoms with E-state index in [0.29, 0.717) is 6.54 Å². The number of amides is 1. The third kappa shape index (κ3) is 2.88. The zero-order valence-electron chi connectivity index (χ0n) is 11.0. The molecule has 0 aromatic carbocycles. The fourth-order valence-corrected chi connectivity index (χ4v) is 2.14. The second-order valence-corrected chi connectivity index (χ2v) is 5.06. The summed E-state index contributed by atoms with van der Waals surface area (Å²) in [5, 5.41) is 6.24. The number of piperazine rings is 1. The Hall–Kier alpha value is -1.40. The Morgan fingerprint density at radius 3 is 2.83 bits per heavy atom. The fraction of sp³-hybridized carbons (Fsp3) is 0.667. The first-order valence-electron chi connectivity index (χ1n) is 6.32. The Morgan fingerprint density at radius 1 is 1.50 bits per heavy atom. The summed E-state index contributed by atoms with van der Waals surface area (Å²) in [4.78, 5) is 21.4. The monoisotopic (exact) mass is 251 g/mol. The zero-order valence-corrected chi connectivity index (χ0v) is 11.0. The normalized spacial score (nSPS) is 17.7. The maximum absolute atomic E-state index is 12.3. The van der Waals surface area contributed by atoms with Crippen molar-refractivity contribution in [3.8, 4) is 0 Å². The van der Waals surface area contributed by atoms with Crippen molar-refractivity contribution in [1.29, 1.82) is 0 Å². The molecule has 0 atom stereocenters. The van der Waals surface area contributed by atoms with E-state index >= 15 is 0 Å². The topological polar surface area (TPSA) is 73.0 Å². The van der Waals surface area contributed by atoms with Crippen molar-refractivity contribution < 1.29 is 4.79 Å². The number of carbonyl (C=O) groups is 1. The van der Waals surface area contributed by atoms with Gasteiger partial charge in [0.1, 0.15) is 0 Å². The molecular formula is C12H21N5O. The lowest BCUT2D eigenvalue weighted by molar-refractivity contribution is -0.132. The molecule has 1 aromatic heterocycles. The maximum Gasteiger partial charge on any atom is 0.240 e. The van der Waals surface area contributed by atoms with Crippen molar-refractivity contribution >= 4 is 5.91 Å². The van der Waals surface area contributed by atoms with E-state index in [1.165, 1.54) is 0 Å². The number of aromatic amines is 1. The Kier molecular flexibility index (Phi) is 3.98. The molecule has 0 aliphatic carbocycles. The number of aromatic nitrogens is 2. The van der Waals surface area contributed by atoms with Crippen LogP contribution in [-0.4, -0.2) is 52.5 Å². The van der Waals surface area contributed by atoms with Gasteiger partial charge in [-0.2, -0.15) is 0 Å². The molecule has 6 heteroatoms. The van der Waals surface area contributed by atoms with E-state index in [2.05, 4.69) is 25.5 Å². The van der Waals surface area contributed by atoms with Gasteiger partial charge < -0.3 is 15.6 Å². The molecule has 1 amide bonds. The lowest BCUT2D eigenvalue weighted by Gasteiger charge is -2.39. The number of hydrogen-bond acceptors (Lipinski definition) is 4. The van der Waals surface area contributed by atoms with Gasteiger partial charge in [0.05, 0.1) is 24.1 Å². The molecule has 0 bridgehead atoms. The number of hydrogen-bond donors (Lipinski definition) is 3. The van der Waals surface area contributed by atoms with Gasteiger partial charge in [0.25, 0.3) is 0 Å². The maximum atomic E-state index is 12.3. The number of nitrogens with zero attached hydrogens (tertiary/aromatic N) is 2. The number of carbonyl (C=O) groups excluding carboxylic acids is 1. The van der Waals surface area contributed by atoms with E-state index in [9.17, 15) is 4.79 Å². The summed E-state index contributed by atoms with van der Waals surface area (Å²) in [5.41, 5.74) is 0.446. The van der Waals surface area contributed by atoms with Crippen molar-refractivity contribution in [3.05, 3.63) is 18.2 Å². The van der Waals surface area contributed by atoms with Gasteiger partial charge in [-0.15, -0.1) is 0 Å². The molecule has 0 saturated carbocycles. The average Bonchev–Trinajstić information content (AvgIpc) is 2.90. The predicted molar refractivity (Wildman–Crippen MR) is 69.0 cm³/mol. The van der Waals surface area contributed by atoms with Gasteiger partial charge in [-0.1, -0.05) is 0 Å². The molecule has 6 nitrogen and oxygen atoms in total. The number of nitrogens with one attached hydrogen (secondary N) is 3. The van der Waals surface area contributed by atoms with Crippen LogP contribution < -0.4 is 10.6 Å². The van der Waals surface area contributed by atoms with Gasteiger partial charge in [-0.05, 0) is 13.8 Å². The predicted octanol–water partition coefficient (Wildman–Crippen LogP) is -0.290. The smallest absolute Gasteiger partial charge is 0.240 e. The van der Waals surface area contributed by atoms with E-state index in [0.717, 1.165) is 31.9 Å². The molecule has 100 valence electrons. The van der Waals surface area contributed by atoms with Crippen molar-refractivity contribution in [1.82, 2.24) is 25.5 Å². The average molecular weight is 251 g/mol. The van der Waals surface area contributed by atoms with Crippen LogP contribution in [0.2, 0.25) is 0 Å². The highest BCUT2D eigenvalue weighted by Crippen LogP contribution is 2.15. The molecule has 1 aliphatic heterocycles. The lowest BCUT2D eigenvalue weighted by Crippen LogP contribution is -2.59. The number of rotatable bonds is 4. The van der Waals surface area contributed by atoms with Gasteiger partial charge >= 0.3 is 0 Å². The van der Waals surface area contributed by atoms with Crippen molar-refractivity contribution in [2.45, 2.75) is 25.9 Å². The van der Waals surface area contributed by atoms with E-state index in [1.54, 1.807) is 12.5 Å². The second-order valence-electron chi connectivity index (χ2n) is 5.06. The Balaban J connectivity index is 1.89. The molecule has 2 heterocycles. The Bertz CT molecular complexity index is 381. The molecule has 1 saturated heterocycles. The van der Waals surface area contributed by atoms with Crippen LogP contribution in [0.3, 0.4) is 0 Å². The molecule has 1 aromatic rings. The third-order valence-corrected chi connectivity index (χ3v) is 3.46. The van der Waals surface area contributed by atoms with Crippen molar-refractivity contribution in [2.75, 3.05) is 26.2 Å². The molecule has 1 fully saturated rings. The largest absolute Gasteiger partial charge is 0.349 e. The fourth-order valence-electron chi connectivity index (χ4n) is 2.14. The van der Waals surface area contributed by atoms with Crippen LogP contribution >= 0.6 is 0 Å². The molecule has 0 radical (unpaired) electrons. The van der Waals surface area contributed by atoms with Crippen LogP contribution in [0.4, 0.5) is 0 Å². The van der Waals surface area contributed by atoms with Crippen LogP contribution in [-0.2, 0) is 11.3 Å². The van der Waals surface area contributed by atoms with Crippen LogP contribution in [0, 0.1) is 0 Å². The minimum atomic E-state index is -0.470.